The number of amides is 1. The van der Waals surface area contributed by atoms with Crippen LogP contribution in [0.5, 0.6) is 0 Å². The van der Waals surface area contributed by atoms with E-state index in [-0.39, 0.29) is 24.1 Å². The molecule has 1 atom stereocenters. The molecule has 0 fully saturated rings. The van der Waals surface area contributed by atoms with Gasteiger partial charge in [-0.1, -0.05) is 6.07 Å². The zero-order chi connectivity index (χ0) is 13.8. The Labute approximate surface area is 110 Å². The van der Waals surface area contributed by atoms with E-state index in [4.69, 9.17) is 4.42 Å². The van der Waals surface area contributed by atoms with Gasteiger partial charge in [0.15, 0.2) is 0 Å². The Morgan fingerprint density at radius 3 is 2.79 bits per heavy atom. The van der Waals surface area contributed by atoms with Crippen LogP contribution >= 0.6 is 0 Å². The number of nitrogens with one attached hydrogen (secondary N) is 1. The Morgan fingerprint density at radius 2 is 2.16 bits per heavy atom. The van der Waals surface area contributed by atoms with Crippen LogP contribution in [0.2, 0.25) is 0 Å². The third kappa shape index (κ3) is 3.34. The molecule has 2 heterocycles. The van der Waals surface area contributed by atoms with Gasteiger partial charge in [0.05, 0.1) is 6.04 Å². The highest BCUT2D eigenvalue weighted by atomic mass is 16.3. The van der Waals surface area contributed by atoms with Gasteiger partial charge in [0, 0.05) is 12.3 Å². The van der Waals surface area contributed by atoms with Crippen molar-refractivity contribution in [3.8, 4) is 0 Å². The molecule has 0 unspecified atom stereocenters. The summed E-state index contributed by atoms with van der Waals surface area (Å²) in [5.74, 6) is 1.27. The second kappa shape index (κ2) is 5.56. The predicted molar refractivity (Wildman–Crippen MR) is 70.7 cm³/mol. The summed E-state index contributed by atoms with van der Waals surface area (Å²) in [4.78, 5) is 23.3. The molecule has 2 rings (SSSR count). The summed E-state index contributed by atoms with van der Waals surface area (Å²) in [7, 11) is 0. The fourth-order valence-electron chi connectivity index (χ4n) is 1.79. The van der Waals surface area contributed by atoms with E-state index in [0.29, 0.717) is 5.76 Å². The van der Waals surface area contributed by atoms with Crippen molar-refractivity contribution in [1.82, 2.24) is 9.88 Å². The Bertz CT molecular complexity index is 627. The van der Waals surface area contributed by atoms with E-state index in [2.05, 4.69) is 5.32 Å². The van der Waals surface area contributed by atoms with Crippen molar-refractivity contribution < 1.29 is 9.21 Å². The summed E-state index contributed by atoms with van der Waals surface area (Å²) < 4.78 is 6.79. The number of furan rings is 1. The molecule has 2 aromatic rings. The molecule has 5 heteroatoms. The molecule has 0 aliphatic rings. The fraction of sp³-hybridized carbons (Fsp3) is 0.286. The largest absolute Gasteiger partial charge is 0.464 e. The molecule has 19 heavy (non-hydrogen) atoms. The van der Waals surface area contributed by atoms with Gasteiger partial charge in [-0.15, -0.1) is 0 Å². The van der Waals surface area contributed by atoms with E-state index < -0.39 is 0 Å². The van der Waals surface area contributed by atoms with E-state index >= 15 is 0 Å². The first-order valence-electron chi connectivity index (χ1n) is 6.07. The first-order chi connectivity index (χ1) is 9.06. The molecular formula is C14H16N2O3. The summed E-state index contributed by atoms with van der Waals surface area (Å²) in [5, 5.41) is 2.79. The lowest BCUT2D eigenvalue weighted by Crippen LogP contribution is -2.33. The number of aromatic nitrogens is 1. The maximum Gasteiger partial charge on any atom is 0.250 e. The van der Waals surface area contributed by atoms with Crippen molar-refractivity contribution in [3.05, 3.63) is 58.4 Å². The SMILES string of the molecule is Cc1ccc([C@H](C)NC(=O)Cn2ccccc2=O)o1. The van der Waals surface area contributed by atoms with Crippen LogP contribution in [0, 0.1) is 6.92 Å². The maximum atomic E-state index is 11.8. The lowest BCUT2D eigenvalue weighted by molar-refractivity contribution is -0.122. The highest BCUT2D eigenvalue weighted by Crippen LogP contribution is 2.15. The molecule has 0 saturated heterocycles. The van der Waals surface area contributed by atoms with Crippen LogP contribution in [0.4, 0.5) is 0 Å². The first kappa shape index (κ1) is 13.1. The number of hydrogen-bond donors (Lipinski definition) is 1. The Hall–Kier alpha value is -2.30. The number of carbonyl (C=O) groups is 1. The molecule has 2 aromatic heterocycles. The normalized spacial score (nSPS) is 12.1. The Morgan fingerprint density at radius 1 is 1.37 bits per heavy atom. The van der Waals surface area contributed by atoms with Crippen molar-refractivity contribution in [2.75, 3.05) is 0 Å². The molecule has 0 aromatic carbocycles. The van der Waals surface area contributed by atoms with Crippen molar-refractivity contribution in [3.63, 3.8) is 0 Å². The summed E-state index contributed by atoms with van der Waals surface area (Å²) in [6.07, 6.45) is 1.59. The second-order valence-corrected chi connectivity index (χ2v) is 4.40. The summed E-state index contributed by atoms with van der Waals surface area (Å²) in [6, 6.07) is 8.24. The van der Waals surface area contributed by atoms with Gasteiger partial charge in [-0.05, 0) is 32.0 Å². The zero-order valence-electron chi connectivity index (χ0n) is 10.9. The van der Waals surface area contributed by atoms with E-state index in [0.717, 1.165) is 5.76 Å². The van der Waals surface area contributed by atoms with Crippen LogP contribution in [-0.4, -0.2) is 10.5 Å². The number of pyridine rings is 1. The van der Waals surface area contributed by atoms with Crippen LogP contribution in [0.1, 0.15) is 24.5 Å². The number of aryl methyl sites for hydroxylation is 1. The molecule has 0 radical (unpaired) electrons. The van der Waals surface area contributed by atoms with Crippen molar-refractivity contribution >= 4 is 5.91 Å². The van der Waals surface area contributed by atoms with Gasteiger partial charge in [-0.25, -0.2) is 0 Å². The number of nitrogens with zero attached hydrogens (tertiary/aromatic N) is 1. The van der Waals surface area contributed by atoms with E-state index in [1.54, 1.807) is 18.3 Å². The van der Waals surface area contributed by atoms with Crippen LogP contribution in [0.15, 0.2) is 45.7 Å². The number of carbonyl (C=O) groups excluding carboxylic acids is 1. The minimum absolute atomic E-state index is 0.00367. The molecule has 0 aliphatic heterocycles. The van der Waals surface area contributed by atoms with Gasteiger partial charge in [0.2, 0.25) is 5.91 Å². The average molecular weight is 260 g/mol. The number of hydrogen-bond acceptors (Lipinski definition) is 3. The van der Waals surface area contributed by atoms with E-state index in [9.17, 15) is 9.59 Å². The first-order valence-corrected chi connectivity index (χ1v) is 6.07. The summed E-state index contributed by atoms with van der Waals surface area (Å²) >= 11 is 0. The van der Waals surface area contributed by atoms with Crippen molar-refractivity contribution in [1.29, 1.82) is 0 Å². The van der Waals surface area contributed by atoms with Gasteiger partial charge >= 0.3 is 0 Å². The van der Waals surface area contributed by atoms with Crippen LogP contribution in [-0.2, 0) is 11.3 Å². The quantitative estimate of drug-likeness (QED) is 0.908. The van der Waals surface area contributed by atoms with Gasteiger partial charge in [-0.2, -0.15) is 0 Å². The van der Waals surface area contributed by atoms with Gasteiger partial charge in [-0.3, -0.25) is 9.59 Å². The minimum Gasteiger partial charge on any atom is -0.464 e. The van der Waals surface area contributed by atoms with E-state index in [1.165, 1.54) is 10.6 Å². The highest BCUT2D eigenvalue weighted by molar-refractivity contribution is 5.76. The standard InChI is InChI=1S/C14H16N2O3/c1-10-6-7-12(19-10)11(2)15-13(17)9-16-8-4-3-5-14(16)18/h3-8,11H,9H2,1-2H3,(H,15,17)/t11-/m0/s1. The third-order valence-electron chi connectivity index (χ3n) is 2.78. The van der Waals surface area contributed by atoms with Crippen LogP contribution in [0.25, 0.3) is 0 Å². The van der Waals surface area contributed by atoms with Crippen molar-refractivity contribution in [2.45, 2.75) is 26.4 Å². The van der Waals surface area contributed by atoms with Crippen LogP contribution < -0.4 is 10.9 Å². The van der Waals surface area contributed by atoms with Gasteiger partial charge in [0.1, 0.15) is 18.1 Å². The highest BCUT2D eigenvalue weighted by Gasteiger charge is 2.13. The third-order valence-corrected chi connectivity index (χ3v) is 2.78. The molecule has 1 amide bonds. The fourth-order valence-corrected chi connectivity index (χ4v) is 1.79. The monoisotopic (exact) mass is 260 g/mol. The molecule has 0 aliphatic carbocycles. The minimum atomic E-state index is -0.227. The molecule has 5 nitrogen and oxygen atoms in total. The number of rotatable bonds is 4. The smallest absolute Gasteiger partial charge is 0.250 e. The zero-order valence-corrected chi connectivity index (χ0v) is 10.9. The van der Waals surface area contributed by atoms with E-state index in [1.807, 2.05) is 26.0 Å². The van der Waals surface area contributed by atoms with Gasteiger partial charge < -0.3 is 14.3 Å². The molecule has 0 bridgehead atoms. The predicted octanol–water partition coefficient (Wildman–Crippen LogP) is 1.63. The lowest BCUT2D eigenvalue weighted by Gasteiger charge is -2.12. The average Bonchev–Trinajstić information content (AvgIpc) is 2.79. The van der Waals surface area contributed by atoms with Crippen molar-refractivity contribution in [2.24, 2.45) is 0 Å². The Kier molecular flexibility index (Phi) is 3.85. The maximum absolute atomic E-state index is 11.8. The summed E-state index contributed by atoms with van der Waals surface area (Å²) in [6.45, 7) is 3.69. The molecular weight excluding hydrogens is 244 g/mol. The van der Waals surface area contributed by atoms with Crippen LogP contribution in [0.3, 0.4) is 0 Å². The molecule has 0 saturated carbocycles. The molecule has 100 valence electrons. The summed E-state index contributed by atoms with van der Waals surface area (Å²) in [5.41, 5.74) is -0.195. The molecule has 0 spiro atoms. The second-order valence-electron chi connectivity index (χ2n) is 4.40. The topological polar surface area (TPSA) is 64.2 Å². The van der Waals surface area contributed by atoms with Gasteiger partial charge in [0.25, 0.3) is 5.56 Å². The Balaban J connectivity index is 1.98. The lowest BCUT2D eigenvalue weighted by atomic mass is 10.2. The molecule has 1 N–H and O–H groups in total.